The number of aromatic nitrogens is 1. The molecule has 1 aromatic carbocycles. The fraction of sp³-hybridized carbons (Fsp3) is 0.333. The van der Waals surface area contributed by atoms with Crippen molar-refractivity contribution in [3.63, 3.8) is 0 Å². The second-order valence-electron chi connectivity index (χ2n) is 3.63. The van der Waals surface area contributed by atoms with Crippen LogP contribution in [0.25, 0.3) is 10.2 Å². The molecule has 1 heterocycles. The standard InChI is InChI=1S/C12H15N3OS/c1-2-14-11(16)7-13-8-12-15-9-5-3-4-6-10(9)17-12/h3-6,13H,2,7-8H2,1H3,(H,14,16). The molecule has 0 fully saturated rings. The normalized spacial score (nSPS) is 10.6. The topological polar surface area (TPSA) is 54.0 Å². The number of carbonyl (C=O) groups is 1. The van der Waals surface area contributed by atoms with Crippen molar-refractivity contribution < 1.29 is 4.79 Å². The van der Waals surface area contributed by atoms with Crippen LogP contribution < -0.4 is 10.6 Å². The number of para-hydroxylation sites is 1. The highest BCUT2D eigenvalue weighted by Crippen LogP contribution is 2.20. The van der Waals surface area contributed by atoms with Crippen LogP contribution in [0, 0.1) is 0 Å². The molecule has 1 amide bonds. The van der Waals surface area contributed by atoms with E-state index in [4.69, 9.17) is 0 Å². The average molecular weight is 249 g/mol. The summed E-state index contributed by atoms with van der Waals surface area (Å²) in [6, 6.07) is 8.04. The number of hydrogen-bond donors (Lipinski definition) is 2. The van der Waals surface area contributed by atoms with Crippen LogP contribution in [0.2, 0.25) is 0 Å². The molecule has 0 aliphatic carbocycles. The fourth-order valence-corrected chi connectivity index (χ4v) is 2.48. The van der Waals surface area contributed by atoms with Gasteiger partial charge in [0.25, 0.3) is 0 Å². The lowest BCUT2D eigenvalue weighted by Crippen LogP contribution is -2.33. The Morgan fingerprint density at radius 3 is 3.00 bits per heavy atom. The summed E-state index contributed by atoms with van der Waals surface area (Å²) in [7, 11) is 0. The van der Waals surface area contributed by atoms with E-state index in [1.165, 1.54) is 4.70 Å². The van der Waals surface area contributed by atoms with Gasteiger partial charge in [0.15, 0.2) is 0 Å². The maximum Gasteiger partial charge on any atom is 0.233 e. The second-order valence-corrected chi connectivity index (χ2v) is 4.75. The largest absolute Gasteiger partial charge is 0.355 e. The number of nitrogens with zero attached hydrogens (tertiary/aromatic N) is 1. The molecule has 90 valence electrons. The van der Waals surface area contributed by atoms with Gasteiger partial charge in [0, 0.05) is 13.1 Å². The fourth-order valence-electron chi connectivity index (χ4n) is 1.54. The lowest BCUT2D eigenvalue weighted by molar-refractivity contribution is -0.120. The number of fused-ring (bicyclic) bond motifs is 1. The summed E-state index contributed by atoms with van der Waals surface area (Å²) < 4.78 is 1.18. The van der Waals surface area contributed by atoms with Crippen molar-refractivity contribution in [1.82, 2.24) is 15.6 Å². The van der Waals surface area contributed by atoms with Gasteiger partial charge in [0.1, 0.15) is 5.01 Å². The highest BCUT2D eigenvalue weighted by Gasteiger charge is 2.03. The monoisotopic (exact) mass is 249 g/mol. The Morgan fingerprint density at radius 1 is 1.41 bits per heavy atom. The van der Waals surface area contributed by atoms with E-state index in [2.05, 4.69) is 21.7 Å². The molecule has 0 atom stereocenters. The third kappa shape index (κ3) is 3.25. The molecule has 17 heavy (non-hydrogen) atoms. The van der Waals surface area contributed by atoms with Crippen LogP contribution in [-0.2, 0) is 11.3 Å². The first-order chi connectivity index (χ1) is 8.29. The summed E-state index contributed by atoms with van der Waals surface area (Å²) in [5.41, 5.74) is 1.02. The van der Waals surface area contributed by atoms with E-state index >= 15 is 0 Å². The molecule has 5 heteroatoms. The number of carbonyl (C=O) groups excluding carboxylic acids is 1. The Balaban J connectivity index is 1.89. The van der Waals surface area contributed by atoms with Crippen molar-refractivity contribution in [2.45, 2.75) is 13.5 Å². The Bertz CT molecular complexity index is 476. The molecule has 2 aromatic rings. The van der Waals surface area contributed by atoms with Crippen molar-refractivity contribution in [2.75, 3.05) is 13.1 Å². The van der Waals surface area contributed by atoms with E-state index in [1.807, 2.05) is 25.1 Å². The first-order valence-corrected chi connectivity index (χ1v) is 6.43. The third-order valence-electron chi connectivity index (χ3n) is 2.27. The molecule has 0 unspecified atom stereocenters. The summed E-state index contributed by atoms with van der Waals surface area (Å²) in [5, 5.41) is 6.83. The molecule has 2 N–H and O–H groups in total. The zero-order valence-corrected chi connectivity index (χ0v) is 10.5. The van der Waals surface area contributed by atoms with Crippen LogP contribution in [-0.4, -0.2) is 24.0 Å². The van der Waals surface area contributed by atoms with Crippen LogP contribution in [0.1, 0.15) is 11.9 Å². The molecular weight excluding hydrogens is 234 g/mol. The zero-order valence-electron chi connectivity index (χ0n) is 9.69. The molecule has 0 radical (unpaired) electrons. The SMILES string of the molecule is CCNC(=O)CNCc1nc2ccccc2s1. The molecule has 0 bridgehead atoms. The van der Waals surface area contributed by atoms with E-state index in [1.54, 1.807) is 11.3 Å². The number of likely N-dealkylation sites (N-methyl/N-ethyl adjacent to an activating group) is 1. The summed E-state index contributed by atoms with van der Waals surface area (Å²) in [4.78, 5) is 15.7. The van der Waals surface area contributed by atoms with E-state index in [9.17, 15) is 4.79 Å². The maximum absolute atomic E-state index is 11.2. The highest BCUT2D eigenvalue weighted by atomic mass is 32.1. The number of rotatable bonds is 5. The summed E-state index contributed by atoms with van der Waals surface area (Å²) in [5.74, 6) is 0.0219. The molecule has 0 saturated heterocycles. The molecule has 2 rings (SSSR count). The van der Waals surface area contributed by atoms with Gasteiger partial charge in [-0.05, 0) is 19.1 Å². The van der Waals surface area contributed by atoms with Crippen molar-refractivity contribution in [3.05, 3.63) is 29.3 Å². The summed E-state index contributed by atoms with van der Waals surface area (Å²) >= 11 is 1.66. The minimum Gasteiger partial charge on any atom is -0.355 e. The van der Waals surface area contributed by atoms with Crippen molar-refractivity contribution in [3.8, 4) is 0 Å². The van der Waals surface area contributed by atoms with E-state index < -0.39 is 0 Å². The lowest BCUT2D eigenvalue weighted by Gasteiger charge is -2.02. The first-order valence-electron chi connectivity index (χ1n) is 5.61. The number of benzene rings is 1. The minimum atomic E-state index is 0.0219. The van der Waals surface area contributed by atoms with E-state index in [0.717, 1.165) is 10.5 Å². The van der Waals surface area contributed by atoms with Crippen LogP contribution in [0.15, 0.2) is 24.3 Å². The number of thiazole rings is 1. The van der Waals surface area contributed by atoms with Crippen LogP contribution in [0.4, 0.5) is 0 Å². The van der Waals surface area contributed by atoms with Gasteiger partial charge in [-0.25, -0.2) is 4.98 Å². The Hall–Kier alpha value is -1.46. The molecule has 4 nitrogen and oxygen atoms in total. The average Bonchev–Trinajstić information content (AvgIpc) is 2.71. The van der Waals surface area contributed by atoms with Gasteiger partial charge in [-0.2, -0.15) is 0 Å². The second kappa shape index (κ2) is 5.75. The molecule has 1 aromatic heterocycles. The van der Waals surface area contributed by atoms with Gasteiger partial charge >= 0.3 is 0 Å². The van der Waals surface area contributed by atoms with Gasteiger partial charge in [0.2, 0.25) is 5.91 Å². The van der Waals surface area contributed by atoms with Gasteiger partial charge < -0.3 is 10.6 Å². The minimum absolute atomic E-state index is 0.0219. The Kier molecular flexibility index (Phi) is 4.06. The van der Waals surface area contributed by atoms with Crippen LogP contribution >= 0.6 is 11.3 Å². The van der Waals surface area contributed by atoms with Crippen LogP contribution in [0.3, 0.4) is 0 Å². The number of nitrogens with one attached hydrogen (secondary N) is 2. The molecule has 0 spiro atoms. The van der Waals surface area contributed by atoms with Gasteiger partial charge in [-0.3, -0.25) is 4.79 Å². The van der Waals surface area contributed by atoms with Crippen molar-refractivity contribution >= 4 is 27.5 Å². The molecule has 0 aliphatic heterocycles. The molecule has 0 aliphatic rings. The highest BCUT2D eigenvalue weighted by molar-refractivity contribution is 7.18. The smallest absolute Gasteiger partial charge is 0.233 e. The predicted molar refractivity (Wildman–Crippen MR) is 70.0 cm³/mol. The van der Waals surface area contributed by atoms with Gasteiger partial charge in [-0.1, -0.05) is 12.1 Å². The predicted octanol–water partition coefficient (Wildman–Crippen LogP) is 1.52. The Morgan fingerprint density at radius 2 is 2.24 bits per heavy atom. The van der Waals surface area contributed by atoms with E-state index in [-0.39, 0.29) is 5.91 Å². The van der Waals surface area contributed by atoms with E-state index in [0.29, 0.717) is 19.6 Å². The third-order valence-corrected chi connectivity index (χ3v) is 3.31. The van der Waals surface area contributed by atoms with Gasteiger partial charge in [0.05, 0.1) is 16.8 Å². The number of amides is 1. The summed E-state index contributed by atoms with van der Waals surface area (Å²) in [6.45, 7) is 3.55. The molecule has 0 saturated carbocycles. The molecular formula is C12H15N3OS. The Labute approximate surface area is 104 Å². The van der Waals surface area contributed by atoms with Crippen molar-refractivity contribution in [2.24, 2.45) is 0 Å². The zero-order chi connectivity index (χ0) is 12.1. The van der Waals surface area contributed by atoms with Crippen LogP contribution in [0.5, 0.6) is 0 Å². The maximum atomic E-state index is 11.2. The van der Waals surface area contributed by atoms with Crippen molar-refractivity contribution in [1.29, 1.82) is 0 Å². The lowest BCUT2D eigenvalue weighted by atomic mass is 10.3. The quantitative estimate of drug-likeness (QED) is 0.845. The summed E-state index contributed by atoms with van der Waals surface area (Å²) in [6.07, 6.45) is 0. The number of hydrogen-bond acceptors (Lipinski definition) is 4. The first kappa shape index (κ1) is 12.0. The van der Waals surface area contributed by atoms with Gasteiger partial charge in [-0.15, -0.1) is 11.3 Å².